The molecular weight excluding hydrogens is 264 g/mol. The van der Waals surface area contributed by atoms with E-state index < -0.39 is 0 Å². The van der Waals surface area contributed by atoms with E-state index in [4.69, 9.17) is 4.74 Å². The van der Waals surface area contributed by atoms with Gasteiger partial charge in [-0.15, -0.1) is 0 Å². The average Bonchev–Trinajstić information content (AvgIpc) is 2.56. The summed E-state index contributed by atoms with van der Waals surface area (Å²) in [5.41, 5.74) is 1.29. The van der Waals surface area contributed by atoms with Gasteiger partial charge >= 0.3 is 0 Å². The number of morpholine rings is 1. The Morgan fingerprint density at radius 1 is 1.10 bits per heavy atom. The molecule has 21 heavy (non-hydrogen) atoms. The predicted octanol–water partition coefficient (Wildman–Crippen LogP) is 1.90. The van der Waals surface area contributed by atoms with E-state index in [1.165, 1.54) is 12.0 Å². The lowest BCUT2D eigenvalue weighted by molar-refractivity contribution is -0.142. The number of hydrogen-bond donors (Lipinski definition) is 0. The Morgan fingerprint density at radius 3 is 2.62 bits per heavy atom. The minimum Gasteiger partial charge on any atom is -0.378 e. The predicted molar refractivity (Wildman–Crippen MR) is 81.9 cm³/mol. The van der Waals surface area contributed by atoms with Crippen molar-refractivity contribution in [3.8, 4) is 0 Å². The molecule has 1 atom stereocenters. The second-order valence-corrected chi connectivity index (χ2v) is 5.91. The Morgan fingerprint density at radius 2 is 1.86 bits per heavy atom. The number of amides is 1. The Kier molecular flexibility index (Phi) is 4.88. The van der Waals surface area contributed by atoms with Crippen molar-refractivity contribution in [3.05, 3.63) is 35.9 Å². The van der Waals surface area contributed by atoms with Crippen molar-refractivity contribution in [1.29, 1.82) is 0 Å². The number of carbonyl (C=O) groups excluding carboxylic acids is 1. The van der Waals surface area contributed by atoms with Crippen molar-refractivity contribution in [1.82, 2.24) is 9.80 Å². The van der Waals surface area contributed by atoms with Crippen LogP contribution in [0.4, 0.5) is 0 Å². The zero-order valence-corrected chi connectivity index (χ0v) is 12.5. The molecule has 2 aliphatic heterocycles. The van der Waals surface area contributed by atoms with Gasteiger partial charge in [-0.1, -0.05) is 36.8 Å². The number of piperidine rings is 1. The highest BCUT2D eigenvalue weighted by Gasteiger charge is 2.32. The Balaban J connectivity index is 1.67. The van der Waals surface area contributed by atoms with Crippen LogP contribution in [0.3, 0.4) is 0 Å². The van der Waals surface area contributed by atoms with Gasteiger partial charge in [-0.2, -0.15) is 0 Å². The zero-order chi connectivity index (χ0) is 14.5. The lowest BCUT2D eigenvalue weighted by Crippen LogP contribution is -2.53. The summed E-state index contributed by atoms with van der Waals surface area (Å²) in [5, 5.41) is 0. The molecule has 0 saturated carbocycles. The molecular formula is C17H24N2O2. The van der Waals surface area contributed by atoms with Crippen LogP contribution in [-0.4, -0.2) is 54.6 Å². The highest BCUT2D eigenvalue weighted by Crippen LogP contribution is 2.21. The lowest BCUT2D eigenvalue weighted by atomic mass is 9.99. The molecule has 0 radical (unpaired) electrons. The first-order valence-electron chi connectivity index (χ1n) is 7.99. The van der Waals surface area contributed by atoms with Gasteiger partial charge in [0.05, 0.1) is 19.3 Å². The van der Waals surface area contributed by atoms with Crippen molar-refractivity contribution in [3.63, 3.8) is 0 Å². The zero-order valence-electron chi connectivity index (χ0n) is 12.5. The summed E-state index contributed by atoms with van der Waals surface area (Å²) in [7, 11) is 0. The van der Waals surface area contributed by atoms with Gasteiger partial charge in [-0.25, -0.2) is 0 Å². The summed E-state index contributed by atoms with van der Waals surface area (Å²) in [5.74, 6) is 0.300. The van der Waals surface area contributed by atoms with Crippen LogP contribution in [0.5, 0.6) is 0 Å². The quantitative estimate of drug-likeness (QED) is 0.851. The van der Waals surface area contributed by atoms with Gasteiger partial charge in [0, 0.05) is 19.6 Å². The first kappa shape index (κ1) is 14.5. The van der Waals surface area contributed by atoms with Crippen LogP contribution in [0, 0.1) is 0 Å². The maximum Gasteiger partial charge on any atom is 0.240 e. The number of nitrogens with zero attached hydrogens (tertiary/aromatic N) is 2. The Hall–Kier alpha value is -1.39. The smallest absolute Gasteiger partial charge is 0.240 e. The molecule has 2 fully saturated rings. The summed E-state index contributed by atoms with van der Waals surface area (Å²) >= 11 is 0. The highest BCUT2D eigenvalue weighted by molar-refractivity contribution is 5.82. The third-order valence-electron chi connectivity index (χ3n) is 4.45. The first-order valence-corrected chi connectivity index (χ1v) is 7.99. The maximum absolute atomic E-state index is 12.8. The average molecular weight is 288 g/mol. The standard InChI is InChI=1S/C17H24N2O2/c20-17(18-10-12-21-13-11-18)16-8-4-5-9-19(16)14-15-6-2-1-3-7-15/h1-3,6-7,16H,4-5,8-14H2. The molecule has 2 aliphatic rings. The molecule has 1 amide bonds. The molecule has 3 rings (SSSR count). The van der Waals surface area contributed by atoms with E-state index in [2.05, 4.69) is 29.2 Å². The number of benzene rings is 1. The Bertz CT molecular complexity index is 457. The summed E-state index contributed by atoms with van der Waals surface area (Å²) in [6.45, 7) is 4.74. The van der Waals surface area contributed by atoms with Crippen LogP contribution in [0.1, 0.15) is 24.8 Å². The van der Waals surface area contributed by atoms with E-state index in [0.29, 0.717) is 19.1 Å². The van der Waals surface area contributed by atoms with Crippen molar-refractivity contribution >= 4 is 5.91 Å². The monoisotopic (exact) mass is 288 g/mol. The fourth-order valence-corrected chi connectivity index (χ4v) is 3.27. The summed E-state index contributed by atoms with van der Waals surface area (Å²) in [6, 6.07) is 10.5. The van der Waals surface area contributed by atoms with E-state index in [1.54, 1.807) is 0 Å². The van der Waals surface area contributed by atoms with Crippen LogP contribution in [0.25, 0.3) is 0 Å². The fourth-order valence-electron chi connectivity index (χ4n) is 3.27. The van der Waals surface area contributed by atoms with Gasteiger partial charge in [-0.3, -0.25) is 9.69 Å². The molecule has 0 bridgehead atoms. The molecule has 1 unspecified atom stereocenters. The molecule has 0 aromatic heterocycles. The largest absolute Gasteiger partial charge is 0.378 e. The number of hydrogen-bond acceptors (Lipinski definition) is 3. The van der Waals surface area contributed by atoms with Gasteiger partial charge in [0.15, 0.2) is 0 Å². The van der Waals surface area contributed by atoms with Crippen LogP contribution in [0.15, 0.2) is 30.3 Å². The van der Waals surface area contributed by atoms with E-state index in [1.807, 2.05) is 11.0 Å². The van der Waals surface area contributed by atoms with Gasteiger partial charge in [0.2, 0.25) is 5.91 Å². The van der Waals surface area contributed by atoms with Gasteiger partial charge in [0.1, 0.15) is 0 Å². The summed E-state index contributed by atoms with van der Waals surface area (Å²) in [4.78, 5) is 17.1. The Labute approximate surface area is 126 Å². The molecule has 114 valence electrons. The fraction of sp³-hybridized carbons (Fsp3) is 0.588. The third-order valence-corrected chi connectivity index (χ3v) is 4.45. The van der Waals surface area contributed by atoms with E-state index in [-0.39, 0.29) is 6.04 Å². The number of ether oxygens (including phenoxy) is 1. The topological polar surface area (TPSA) is 32.8 Å². The number of carbonyl (C=O) groups is 1. The molecule has 2 heterocycles. The molecule has 1 aromatic carbocycles. The number of likely N-dealkylation sites (tertiary alicyclic amines) is 1. The molecule has 4 nitrogen and oxygen atoms in total. The van der Waals surface area contributed by atoms with Gasteiger partial charge in [0.25, 0.3) is 0 Å². The summed E-state index contributed by atoms with van der Waals surface area (Å²) in [6.07, 6.45) is 3.34. The van der Waals surface area contributed by atoms with Crippen molar-refractivity contribution in [2.24, 2.45) is 0 Å². The molecule has 0 N–H and O–H groups in total. The second kappa shape index (κ2) is 7.05. The normalized spacial score (nSPS) is 24.0. The lowest BCUT2D eigenvalue weighted by Gasteiger charge is -2.38. The first-order chi connectivity index (χ1) is 10.3. The summed E-state index contributed by atoms with van der Waals surface area (Å²) < 4.78 is 5.35. The molecule has 1 aromatic rings. The second-order valence-electron chi connectivity index (χ2n) is 5.91. The minimum atomic E-state index is 0.0528. The van der Waals surface area contributed by atoms with Crippen LogP contribution in [0.2, 0.25) is 0 Å². The van der Waals surface area contributed by atoms with Crippen LogP contribution in [-0.2, 0) is 16.1 Å². The van der Waals surface area contributed by atoms with Gasteiger partial charge < -0.3 is 9.64 Å². The third kappa shape index (κ3) is 3.63. The molecule has 2 saturated heterocycles. The highest BCUT2D eigenvalue weighted by atomic mass is 16.5. The van der Waals surface area contributed by atoms with E-state index in [9.17, 15) is 4.79 Å². The molecule has 0 spiro atoms. The minimum absolute atomic E-state index is 0.0528. The van der Waals surface area contributed by atoms with Crippen molar-refractivity contribution < 1.29 is 9.53 Å². The van der Waals surface area contributed by atoms with Crippen molar-refractivity contribution in [2.45, 2.75) is 31.8 Å². The van der Waals surface area contributed by atoms with Crippen LogP contribution >= 0.6 is 0 Å². The maximum atomic E-state index is 12.8. The number of rotatable bonds is 3. The van der Waals surface area contributed by atoms with E-state index in [0.717, 1.165) is 39.0 Å². The molecule has 0 aliphatic carbocycles. The molecule has 4 heteroatoms. The van der Waals surface area contributed by atoms with E-state index >= 15 is 0 Å². The van der Waals surface area contributed by atoms with Crippen molar-refractivity contribution in [2.75, 3.05) is 32.8 Å². The SMILES string of the molecule is O=C(C1CCCCN1Cc1ccccc1)N1CCOCC1. The van der Waals surface area contributed by atoms with Gasteiger partial charge in [-0.05, 0) is 24.9 Å². The van der Waals surface area contributed by atoms with Crippen LogP contribution < -0.4 is 0 Å².